The van der Waals surface area contributed by atoms with Crippen molar-refractivity contribution < 1.29 is 9.53 Å². The number of carbonyl (C=O) groups is 1. The average molecular weight is 398 g/mol. The van der Waals surface area contributed by atoms with E-state index in [1.54, 1.807) is 6.20 Å². The summed E-state index contributed by atoms with van der Waals surface area (Å²) in [5, 5.41) is 2.96. The van der Waals surface area contributed by atoms with Crippen LogP contribution in [0.25, 0.3) is 0 Å². The number of hydrogen-bond acceptors (Lipinski definition) is 5. The van der Waals surface area contributed by atoms with Crippen LogP contribution in [0.15, 0.2) is 48.7 Å². The molecule has 1 aliphatic rings. The second-order valence-electron chi connectivity index (χ2n) is 7.00. The number of pyridine rings is 1. The molecule has 29 heavy (non-hydrogen) atoms. The third kappa shape index (κ3) is 6.09. The van der Waals surface area contributed by atoms with Gasteiger partial charge in [-0.2, -0.15) is 0 Å². The first kappa shape index (κ1) is 20.9. The number of aromatic nitrogens is 1. The molecule has 0 unspecified atom stereocenters. The van der Waals surface area contributed by atoms with E-state index in [0.29, 0.717) is 19.7 Å². The summed E-state index contributed by atoms with van der Waals surface area (Å²) in [5.74, 6) is 1.82. The van der Waals surface area contributed by atoms with E-state index < -0.39 is 0 Å². The van der Waals surface area contributed by atoms with E-state index in [-0.39, 0.29) is 6.03 Å². The van der Waals surface area contributed by atoms with Gasteiger partial charge < -0.3 is 19.9 Å². The maximum Gasteiger partial charge on any atom is 0.321 e. The third-order valence-electron chi connectivity index (χ3n) is 5.17. The summed E-state index contributed by atoms with van der Waals surface area (Å²) in [4.78, 5) is 23.4. The van der Waals surface area contributed by atoms with Crippen LogP contribution < -0.4 is 15.0 Å². The average Bonchev–Trinajstić information content (AvgIpc) is 2.77. The van der Waals surface area contributed by atoms with E-state index in [1.165, 1.54) is 0 Å². The summed E-state index contributed by atoms with van der Waals surface area (Å²) >= 11 is 0. The molecule has 156 valence electrons. The number of nitrogens with zero attached hydrogens (tertiary/aromatic N) is 4. The topological polar surface area (TPSA) is 60.9 Å². The van der Waals surface area contributed by atoms with Crippen molar-refractivity contribution in [3.8, 4) is 5.75 Å². The van der Waals surface area contributed by atoms with E-state index in [2.05, 4.69) is 33.9 Å². The van der Waals surface area contributed by atoms with E-state index in [0.717, 1.165) is 50.0 Å². The number of benzene rings is 1. The van der Waals surface area contributed by atoms with Gasteiger partial charge in [-0.3, -0.25) is 4.90 Å². The lowest BCUT2D eigenvalue weighted by Gasteiger charge is -2.34. The minimum atomic E-state index is -0.0671. The molecule has 0 aliphatic carbocycles. The van der Waals surface area contributed by atoms with E-state index in [9.17, 15) is 4.79 Å². The largest absolute Gasteiger partial charge is 0.492 e. The number of amides is 2. The first-order chi connectivity index (χ1) is 14.2. The second kappa shape index (κ2) is 10.7. The molecule has 0 radical (unpaired) electrons. The zero-order valence-electron chi connectivity index (χ0n) is 17.4. The van der Waals surface area contributed by atoms with Crippen LogP contribution in [0.4, 0.5) is 16.3 Å². The van der Waals surface area contributed by atoms with Crippen molar-refractivity contribution in [1.82, 2.24) is 14.8 Å². The summed E-state index contributed by atoms with van der Waals surface area (Å²) in [6.07, 6.45) is 1.72. The van der Waals surface area contributed by atoms with E-state index in [4.69, 9.17) is 4.74 Å². The first-order valence-electron chi connectivity index (χ1n) is 10.4. The molecule has 0 saturated carbocycles. The van der Waals surface area contributed by atoms with Crippen LogP contribution in [0.2, 0.25) is 0 Å². The monoisotopic (exact) mass is 397 g/mol. The molecule has 1 aromatic carbocycles. The standard InChI is InChI=1S/C22H31N5O2/c1-3-26(4-2)21-11-10-19(18-23-21)24-22(28)27-14-12-25(13-15-27)16-17-29-20-8-6-5-7-9-20/h5-11,18H,3-4,12-17H2,1-2H3,(H,24,28). The van der Waals surface area contributed by atoms with Gasteiger partial charge in [-0.1, -0.05) is 18.2 Å². The Morgan fingerprint density at radius 2 is 1.79 bits per heavy atom. The highest BCUT2D eigenvalue weighted by Crippen LogP contribution is 2.15. The molecule has 1 saturated heterocycles. The Bertz CT molecular complexity index is 742. The molecule has 0 atom stereocenters. The molecule has 1 aliphatic heterocycles. The van der Waals surface area contributed by atoms with Crippen molar-refractivity contribution >= 4 is 17.5 Å². The zero-order chi connectivity index (χ0) is 20.5. The molecule has 7 heteroatoms. The SMILES string of the molecule is CCN(CC)c1ccc(NC(=O)N2CCN(CCOc3ccccc3)CC2)cn1. The van der Waals surface area contributed by atoms with Crippen LogP contribution in [-0.2, 0) is 0 Å². The molecule has 3 rings (SSSR count). The minimum absolute atomic E-state index is 0.0671. The predicted molar refractivity (Wildman–Crippen MR) is 117 cm³/mol. The lowest BCUT2D eigenvalue weighted by atomic mass is 10.3. The molecule has 1 N–H and O–H groups in total. The summed E-state index contributed by atoms with van der Waals surface area (Å²) in [5.41, 5.74) is 0.726. The molecule has 1 aromatic heterocycles. The Labute approximate surface area is 173 Å². The van der Waals surface area contributed by atoms with Crippen LogP contribution in [0.3, 0.4) is 0 Å². The fraction of sp³-hybridized carbons (Fsp3) is 0.455. The van der Waals surface area contributed by atoms with Gasteiger partial charge in [-0.05, 0) is 38.1 Å². The van der Waals surface area contributed by atoms with Crippen molar-refractivity contribution in [1.29, 1.82) is 0 Å². The van der Waals surface area contributed by atoms with Gasteiger partial charge in [0.05, 0.1) is 11.9 Å². The third-order valence-corrected chi connectivity index (χ3v) is 5.17. The summed E-state index contributed by atoms with van der Waals surface area (Å²) in [6, 6.07) is 13.6. The summed E-state index contributed by atoms with van der Waals surface area (Å²) < 4.78 is 5.76. The quantitative estimate of drug-likeness (QED) is 0.741. The van der Waals surface area contributed by atoms with Gasteiger partial charge in [0, 0.05) is 45.8 Å². The number of para-hydroxylation sites is 1. The molecular formula is C22H31N5O2. The predicted octanol–water partition coefficient (Wildman–Crippen LogP) is 3.16. The molecule has 7 nitrogen and oxygen atoms in total. The number of anilines is 2. The Morgan fingerprint density at radius 3 is 2.41 bits per heavy atom. The fourth-order valence-electron chi connectivity index (χ4n) is 3.38. The first-order valence-corrected chi connectivity index (χ1v) is 10.4. The van der Waals surface area contributed by atoms with Gasteiger partial charge in [-0.15, -0.1) is 0 Å². The lowest BCUT2D eigenvalue weighted by molar-refractivity contribution is 0.132. The lowest BCUT2D eigenvalue weighted by Crippen LogP contribution is -2.50. The number of nitrogens with one attached hydrogen (secondary N) is 1. The van der Waals surface area contributed by atoms with Crippen molar-refractivity contribution in [2.45, 2.75) is 13.8 Å². The zero-order valence-corrected chi connectivity index (χ0v) is 17.4. The number of hydrogen-bond donors (Lipinski definition) is 1. The number of ether oxygens (including phenoxy) is 1. The molecule has 2 aromatic rings. The van der Waals surface area contributed by atoms with Crippen LogP contribution in [0.1, 0.15) is 13.8 Å². The van der Waals surface area contributed by atoms with Crippen LogP contribution in [0, 0.1) is 0 Å². The van der Waals surface area contributed by atoms with Gasteiger partial charge in [-0.25, -0.2) is 9.78 Å². The Hall–Kier alpha value is -2.80. The van der Waals surface area contributed by atoms with Crippen molar-refractivity contribution in [3.63, 3.8) is 0 Å². The smallest absolute Gasteiger partial charge is 0.321 e. The number of urea groups is 1. The van der Waals surface area contributed by atoms with Crippen LogP contribution >= 0.6 is 0 Å². The van der Waals surface area contributed by atoms with Gasteiger partial charge in [0.25, 0.3) is 0 Å². The Kier molecular flexibility index (Phi) is 7.69. The highest BCUT2D eigenvalue weighted by atomic mass is 16.5. The van der Waals surface area contributed by atoms with Gasteiger partial charge in [0.2, 0.25) is 0 Å². The molecular weight excluding hydrogens is 366 g/mol. The minimum Gasteiger partial charge on any atom is -0.492 e. The number of carbonyl (C=O) groups excluding carboxylic acids is 1. The van der Waals surface area contributed by atoms with Crippen molar-refractivity contribution in [3.05, 3.63) is 48.7 Å². The molecule has 0 spiro atoms. The Balaban J connectivity index is 1.39. The number of rotatable bonds is 8. The van der Waals surface area contributed by atoms with E-state index >= 15 is 0 Å². The van der Waals surface area contributed by atoms with Gasteiger partial charge >= 0.3 is 6.03 Å². The molecule has 2 heterocycles. The normalized spacial score (nSPS) is 14.5. The molecule has 2 amide bonds. The fourth-order valence-corrected chi connectivity index (χ4v) is 3.38. The Morgan fingerprint density at radius 1 is 1.07 bits per heavy atom. The van der Waals surface area contributed by atoms with Gasteiger partial charge in [0.15, 0.2) is 0 Å². The molecule has 0 bridgehead atoms. The molecule has 1 fully saturated rings. The van der Waals surface area contributed by atoms with Crippen molar-refractivity contribution in [2.75, 3.05) is 62.6 Å². The number of piperazine rings is 1. The van der Waals surface area contributed by atoms with Crippen LogP contribution in [-0.4, -0.2) is 73.2 Å². The van der Waals surface area contributed by atoms with Crippen LogP contribution in [0.5, 0.6) is 5.75 Å². The summed E-state index contributed by atoms with van der Waals surface area (Å²) in [7, 11) is 0. The second-order valence-corrected chi connectivity index (χ2v) is 7.00. The highest BCUT2D eigenvalue weighted by molar-refractivity contribution is 5.89. The highest BCUT2D eigenvalue weighted by Gasteiger charge is 2.21. The van der Waals surface area contributed by atoms with E-state index in [1.807, 2.05) is 47.4 Å². The maximum absolute atomic E-state index is 12.5. The maximum atomic E-state index is 12.5. The van der Waals surface area contributed by atoms with Gasteiger partial charge in [0.1, 0.15) is 18.2 Å². The van der Waals surface area contributed by atoms with Crippen molar-refractivity contribution in [2.24, 2.45) is 0 Å². The summed E-state index contributed by atoms with van der Waals surface area (Å²) in [6.45, 7) is 10.7.